The third-order valence-corrected chi connectivity index (χ3v) is 6.32. The van der Waals surface area contributed by atoms with E-state index >= 15 is 0 Å². The predicted molar refractivity (Wildman–Crippen MR) is 146 cm³/mol. The van der Waals surface area contributed by atoms with Gasteiger partial charge in [-0.2, -0.15) is 0 Å². The maximum Gasteiger partial charge on any atom is 0.363 e. The van der Waals surface area contributed by atoms with Crippen LogP contribution in [0.15, 0.2) is 65.3 Å². The van der Waals surface area contributed by atoms with Crippen molar-refractivity contribution in [1.29, 1.82) is 0 Å². The van der Waals surface area contributed by atoms with E-state index in [1.54, 1.807) is 37.3 Å². The highest BCUT2D eigenvalue weighted by molar-refractivity contribution is 14.1. The number of hydrogen-bond acceptors (Lipinski definition) is 9. The van der Waals surface area contributed by atoms with Gasteiger partial charge >= 0.3 is 5.97 Å². The first-order valence-corrected chi connectivity index (χ1v) is 12.3. The van der Waals surface area contributed by atoms with Crippen LogP contribution in [0.25, 0.3) is 6.08 Å². The van der Waals surface area contributed by atoms with E-state index < -0.39 is 15.8 Å². The molecular weight excluding hydrogens is 609 g/mol. The van der Waals surface area contributed by atoms with E-state index in [9.17, 15) is 25.0 Å². The van der Waals surface area contributed by atoms with Gasteiger partial charge in [0, 0.05) is 29.3 Å². The molecule has 0 aromatic heterocycles. The third-order valence-electron chi connectivity index (χ3n) is 5.52. The van der Waals surface area contributed by atoms with Crippen molar-refractivity contribution in [2.24, 2.45) is 4.99 Å². The third kappa shape index (κ3) is 5.80. The highest BCUT2D eigenvalue weighted by atomic mass is 127. The van der Waals surface area contributed by atoms with Gasteiger partial charge in [0.25, 0.3) is 11.4 Å². The van der Waals surface area contributed by atoms with Gasteiger partial charge in [-0.1, -0.05) is 6.07 Å². The van der Waals surface area contributed by atoms with Gasteiger partial charge in [-0.3, -0.25) is 20.2 Å². The second kappa shape index (κ2) is 11.4. The van der Waals surface area contributed by atoms with Crippen LogP contribution in [0.2, 0.25) is 0 Å². The molecule has 12 heteroatoms. The Hall–Kier alpha value is -4.33. The monoisotopic (exact) mass is 629 g/mol. The van der Waals surface area contributed by atoms with Gasteiger partial charge in [0.15, 0.2) is 17.2 Å². The van der Waals surface area contributed by atoms with Gasteiger partial charge in [0.05, 0.1) is 20.0 Å². The molecule has 1 aliphatic heterocycles. The van der Waals surface area contributed by atoms with Gasteiger partial charge in [-0.25, -0.2) is 9.79 Å². The highest BCUT2D eigenvalue weighted by Gasteiger charge is 2.27. The van der Waals surface area contributed by atoms with Crippen molar-refractivity contribution >= 4 is 51.9 Å². The zero-order valence-corrected chi connectivity index (χ0v) is 22.3. The Balaban J connectivity index is 1.61. The van der Waals surface area contributed by atoms with Crippen LogP contribution in [-0.4, -0.2) is 28.3 Å². The molecule has 38 heavy (non-hydrogen) atoms. The first-order chi connectivity index (χ1) is 18.2. The lowest BCUT2D eigenvalue weighted by molar-refractivity contribution is -0.385. The number of halogens is 1. The number of ether oxygens (including phenoxy) is 3. The fourth-order valence-corrected chi connectivity index (χ4v) is 4.46. The van der Waals surface area contributed by atoms with E-state index in [2.05, 4.69) is 27.6 Å². The molecule has 0 N–H and O–H groups in total. The Morgan fingerprint density at radius 1 is 1.05 bits per heavy atom. The summed E-state index contributed by atoms with van der Waals surface area (Å²) in [6.07, 6.45) is 1.53. The number of aliphatic imine (C=N–C) groups is 1. The first-order valence-electron chi connectivity index (χ1n) is 11.3. The molecule has 0 unspecified atom stereocenters. The van der Waals surface area contributed by atoms with Gasteiger partial charge in [-0.05, 0) is 84.0 Å². The van der Waals surface area contributed by atoms with E-state index in [1.807, 2.05) is 6.92 Å². The zero-order chi connectivity index (χ0) is 27.4. The number of hydrogen-bond donors (Lipinski definition) is 0. The number of esters is 1. The number of cyclic esters (lactones) is 1. The molecule has 0 radical (unpaired) electrons. The maximum absolute atomic E-state index is 12.5. The van der Waals surface area contributed by atoms with E-state index in [-0.39, 0.29) is 29.6 Å². The average Bonchev–Trinajstić information content (AvgIpc) is 3.23. The Morgan fingerprint density at radius 3 is 2.45 bits per heavy atom. The van der Waals surface area contributed by atoms with Crippen LogP contribution in [0.5, 0.6) is 11.5 Å². The molecule has 0 bridgehead atoms. The van der Waals surface area contributed by atoms with Gasteiger partial charge in [0.2, 0.25) is 5.90 Å². The molecule has 3 aromatic carbocycles. The molecule has 0 aliphatic carbocycles. The molecule has 0 spiro atoms. The molecular formula is C26H20IN3O8. The summed E-state index contributed by atoms with van der Waals surface area (Å²) in [6, 6.07) is 14.0. The van der Waals surface area contributed by atoms with Crippen LogP contribution in [0.1, 0.15) is 29.2 Å². The Bertz CT molecular complexity index is 1500. The first kappa shape index (κ1) is 26.7. The van der Waals surface area contributed by atoms with Crippen LogP contribution >= 0.6 is 22.6 Å². The number of carbonyl (C=O) groups excluding carboxylic acids is 1. The maximum atomic E-state index is 12.5. The molecule has 0 saturated carbocycles. The van der Waals surface area contributed by atoms with Crippen molar-refractivity contribution in [1.82, 2.24) is 0 Å². The van der Waals surface area contributed by atoms with E-state index in [0.717, 1.165) is 5.56 Å². The normalized spacial score (nSPS) is 13.7. The van der Waals surface area contributed by atoms with Crippen LogP contribution in [0, 0.1) is 30.7 Å². The molecule has 194 valence electrons. The second-order valence-corrected chi connectivity index (χ2v) is 9.18. The number of non-ortho nitro benzene ring substituents is 1. The van der Waals surface area contributed by atoms with E-state index in [0.29, 0.717) is 38.4 Å². The van der Waals surface area contributed by atoms with Crippen molar-refractivity contribution in [2.75, 3.05) is 6.61 Å². The van der Waals surface area contributed by atoms with Crippen LogP contribution in [0.3, 0.4) is 0 Å². The predicted octanol–water partition coefficient (Wildman–Crippen LogP) is 5.74. The minimum Gasteiger partial charge on any atom is -0.490 e. The zero-order valence-electron chi connectivity index (χ0n) is 20.2. The Kier molecular flexibility index (Phi) is 8.00. The molecule has 4 rings (SSSR count). The van der Waals surface area contributed by atoms with Gasteiger partial charge in [-0.15, -0.1) is 0 Å². The SMILES string of the molecule is CCOc1cc(/C=C2\N=C(c3cccc([N+](=O)[O-])c3C)OC2=O)cc(I)c1OCc1ccc([N+](=O)[O-])cc1. The highest BCUT2D eigenvalue weighted by Crippen LogP contribution is 2.36. The molecule has 1 aliphatic rings. The molecule has 0 amide bonds. The smallest absolute Gasteiger partial charge is 0.363 e. The second-order valence-electron chi connectivity index (χ2n) is 8.02. The van der Waals surface area contributed by atoms with Crippen molar-refractivity contribution in [3.63, 3.8) is 0 Å². The minimum atomic E-state index is -0.683. The molecule has 11 nitrogen and oxygen atoms in total. The summed E-state index contributed by atoms with van der Waals surface area (Å²) in [6.45, 7) is 3.92. The lowest BCUT2D eigenvalue weighted by Crippen LogP contribution is -2.08. The fraction of sp³-hybridized carbons (Fsp3) is 0.154. The summed E-state index contributed by atoms with van der Waals surface area (Å²) in [5.74, 6) is 0.235. The largest absolute Gasteiger partial charge is 0.490 e. The van der Waals surface area contributed by atoms with Crippen LogP contribution in [-0.2, 0) is 16.1 Å². The van der Waals surface area contributed by atoms with Crippen molar-refractivity contribution in [3.05, 3.63) is 106 Å². The minimum absolute atomic E-state index is 0.00682. The van der Waals surface area contributed by atoms with Gasteiger partial charge < -0.3 is 14.2 Å². The topological polar surface area (TPSA) is 143 Å². The summed E-state index contributed by atoms with van der Waals surface area (Å²) in [7, 11) is 0. The summed E-state index contributed by atoms with van der Waals surface area (Å²) in [4.78, 5) is 38.0. The molecule has 1 heterocycles. The number of nitrogens with zero attached hydrogens (tertiary/aromatic N) is 3. The number of rotatable bonds is 9. The summed E-state index contributed by atoms with van der Waals surface area (Å²) in [5.41, 5.74) is 1.97. The van der Waals surface area contributed by atoms with Crippen LogP contribution in [0.4, 0.5) is 11.4 Å². The lowest BCUT2D eigenvalue weighted by atomic mass is 10.1. The summed E-state index contributed by atoms with van der Waals surface area (Å²) >= 11 is 2.09. The summed E-state index contributed by atoms with van der Waals surface area (Å²) in [5, 5.41) is 22.1. The van der Waals surface area contributed by atoms with Crippen molar-refractivity contribution in [3.8, 4) is 11.5 Å². The standard InChI is InChI=1S/C26H20IN3O8/c1-3-36-23-13-17(11-20(27)24(23)37-14-16-7-9-18(10-8-16)29(32)33)12-21-26(31)38-25(28-21)19-5-4-6-22(15(19)2)30(34)35/h4-13H,3,14H2,1-2H3/b21-12-. The van der Waals surface area contributed by atoms with E-state index in [1.165, 1.54) is 30.3 Å². The van der Waals surface area contributed by atoms with Crippen molar-refractivity contribution in [2.45, 2.75) is 20.5 Å². The van der Waals surface area contributed by atoms with Crippen molar-refractivity contribution < 1.29 is 28.9 Å². The number of nitro groups is 2. The number of carbonyl (C=O) groups is 1. The summed E-state index contributed by atoms with van der Waals surface area (Å²) < 4.78 is 17.8. The van der Waals surface area contributed by atoms with Gasteiger partial charge in [0.1, 0.15) is 6.61 Å². The Labute approximate surface area is 230 Å². The average molecular weight is 629 g/mol. The molecule has 3 aromatic rings. The fourth-order valence-electron chi connectivity index (χ4n) is 3.68. The lowest BCUT2D eigenvalue weighted by Gasteiger charge is -2.15. The molecule has 0 fully saturated rings. The number of benzene rings is 3. The van der Waals surface area contributed by atoms with Crippen LogP contribution < -0.4 is 9.47 Å². The quantitative estimate of drug-likeness (QED) is 0.0959. The number of nitro benzene ring substituents is 2. The molecule has 0 atom stereocenters. The van der Waals surface area contributed by atoms with E-state index in [4.69, 9.17) is 14.2 Å². The Morgan fingerprint density at radius 2 is 1.79 bits per heavy atom. The molecule has 0 saturated heterocycles.